The lowest BCUT2D eigenvalue weighted by molar-refractivity contribution is 0.428. The number of fused-ring (bicyclic) bond motifs is 1. The van der Waals surface area contributed by atoms with Crippen LogP contribution < -0.4 is 0 Å². The summed E-state index contributed by atoms with van der Waals surface area (Å²) in [6.45, 7) is 6.18. The predicted molar refractivity (Wildman–Crippen MR) is 86.2 cm³/mol. The van der Waals surface area contributed by atoms with E-state index in [1.54, 1.807) is 0 Å². The fourth-order valence-electron chi connectivity index (χ4n) is 2.76. The maximum absolute atomic E-state index is 5.94. The summed E-state index contributed by atoms with van der Waals surface area (Å²) in [5.41, 5.74) is 3.36. The van der Waals surface area contributed by atoms with E-state index in [1.807, 2.05) is 19.1 Å². The Hall–Kier alpha value is -1.74. The first kappa shape index (κ1) is 14.2. The third-order valence-electron chi connectivity index (χ3n) is 3.80. The Kier molecular flexibility index (Phi) is 3.77. The molecular weight excluding hydrogens is 284 g/mol. The quantitative estimate of drug-likeness (QED) is 0.658. The third-order valence-corrected chi connectivity index (χ3v) is 3.99. The zero-order valence-corrected chi connectivity index (χ0v) is 13.3. The molecule has 1 unspecified atom stereocenters. The minimum absolute atomic E-state index is 0.102. The Morgan fingerprint density at radius 3 is 2.71 bits per heavy atom. The number of benzene rings is 1. The molecule has 0 radical (unpaired) electrons. The van der Waals surface area contributed by atoms with Crippen molar-refractivity contribution in [1.82, 2.24) is 9.55 Å². The van der Waals surface area contributed by atoms with Crippen LogP contribution in [-0.4, -0.2) is 15.4 Å². The molecule has 0 spiro atoms. The lowest BCUT2D eigenvalue weighted by atomic mass is 10.2. The fraction of sp³-hybridized carbons (Fsp3) is 0.353. The van der Waals surface area contributed by atoms with Gasteiger partial charge in [-0.1, -0.05) is 6.07 Å². The topological polar surface area (TPSA) is 31.0 Å². The molecule has 0 saturated carbocycles. The van der Waals surface area contributed by atoms with Crippen LogP contribution in [0.25, 0.3) is 11.0 Å². The number of imidazole rings is 1. The summed E-state index contributed by atoms with van der Waals surface area (Å²) in [4.78, 5) is 4.75. The Balaban J connectivity index is 2.16. The summed E-state index contributed by atoms with van der Waals surface area (Å²) in [7, 11) is 0. The number of nitrogens with zero attached hydrogens (tertiary/aromatic N) is 2. The first-order chi connectivity index (χ1) is 10.1. The molecular formula is C17H19ClN2O. The van der Waals surface area contributed by atoms with Gasteiger partial charge >= 0.3 is 0 Å². The lowest BCUT2D eigenvalue weighted by Gasteiger charge is -2.15. The van der Waals surface area contributed by atoms with Gasteiger partial charge in [0.25, 0.3) is 0 Å². The molecule has 0 amide bonds. The second-order valence-electron chi connectivity index (χ2n) is 5.45. The molecule has 0 aliphatic carbocycles. The third kappa shape index (κ3) is 2.58. The first-order valence-electron chi connectivity index (χ1n) is 7.20. The Morgan fingerprint density at radius 1 is 1.24 bits per heavy atom. The second-order valence-corrected chi connectivity index (χ2v) is 5.83. The van der Waals surface area contributed by atoms with Crippen LogP contribution in [0, 0.1) is 13.8 Å². The van der Waals surface area contributed by atoms with Gasteiger partial charge in [-0.15, -0.1) is 11.6 Å². The van der Waals surface area contributed by atoms with E-state index in [4.69, 9.17) is 21.0 Å². The summed E-state index contributed by atoms with van der Waals surface area (Å²) >= 11 is 5.94. The highest BCUT2D eigenvalue weighted by Gasteiger charge is 2.19. The monoisotopic (exact) mass is 302 g/mol. The highest BCUT2D eigenvalue weighted by molar-refractivity contribution is 6.17. The average Bonchev–Trinajstić information content (AvgIpc) is 3.01. The normalized spacial score (nSPS) is 13.0. The Labute approximate surface area is 129 Å². The SMILES string of the molecule is Cc1ccc2c(c1)nc(CCCl)n2C(C)c1ccc(C)o1. The van der Waals surface area contributed by atoms with Crippen molar-refractivity contribution in [2.45, 2.75) is 33.2 Å². The standard InChI is InChI=1S/C17H19ClN2O/c1-11-4-6-15-14(10-11)19-17(8-9-18)20(15)13(3)16-7-5-12(2)21-16/h4-7,10,13H,8-9H2,1-3H3. The van der Waals surface area contributed by atoms with Gasteiger partial charge in [-0.2, -0.15) is 0 Å². The van der Waals surface area contributed by atoms with Crippen molar-refractivity contribution in [3.05, 3.63) is 53.2 Å². The summed E-state index contributed by atoms with van der Waals surface area (Å²) in [6.07, 6.45) is 0.749. The van der Waals surface area contributed by atoms with Gasteiger partial charge in [-0.05, 0) is 50.6 Å². The van der Waals surface area contributed by atoms with Crippen LogP contribution in [0.2, 0.25) is 0 Å². The van der Waals surface area contributed by atoms with Crippen LogP contribution in [0.1, 0.15) is 35.9 Å². The molecule has 3 aromatic rings. The van der Waals surface area contributed by atoms with Gasteiger partial charge < -0.3 is 8.98 Å². The van der Waals surface area contributed by atoms with E-state index in [1.165, 1.54) is 5.56 Å². The van der Waals surface area contributed by atoms with E-state index in [2.05, 4.69) is 36.6 Å². The number of hydrogen-bond acceptors (Lipinski definition) is 2. The largest absolute Gasteiger partial charge is 0.464 e. The molecule has 4 heteroatoms. The van der Waals surface area contributed by atoms with Crippen LogP contribution >= 0.6 is 11.6 Å². The van der Waals surface area contributed by atoms with E-state index in [9.17, 15) is 0 Å². The highest BCUT2D eigenvalue weighted by atomic mass is 35.5. The summed E-state index contributed by atoms with van der Waals surface area (Å²) in [5, 5.41) is 0. The van der Waals surface area contributed by atoms with Gasteiger partial charge in [0, 0.05) is 12.3 Å². The van der Waals surface area contributed by atoms with E-state index >= 15 is 0 Å². The number of furan rings is 1. The first-order valence-corrected chi connectivity index (χ1v) is 7.73. The molecule has 110 valence electrons. The number of hydrogen-bond donors (Lipinski definition) is 0. The zero-order valence-electron chi connectivity index (χ0n) is 12.6. The maximum Gasteiger partial charge on any atom is 0.126 e. The highest BCUT2D eigenvalue weighted by Crippen LogP contribution is 2.28. The molecule has 0 N–H and O–H groups in total. The molecule has 1 aromatic carbocycles. The van der Waals surface area contributed by atoms with Crippen LogP contribution in [0.15, 0.2) is 34.7 Å². The van der Waals surface area contributed by atoms with Gasteiger partial charge in [-0.25, -0.2) is 4.98 Å². The van der Waals surface area contributed by atoms with Gasteiger partial charge in [0.1, 0.15) is 17.3 Å². The molecule has 3 nitrogen and oxygen atoms in total. The van der Waals surface area contributed by atoms with Crippen LogP contribution in [-0.2, 0) is 6.42 Å². The van der Waals surface area contributed by atoms with E-state index in [0.29, 0.717) is 5.88 Å². The average molecular weight is 303 g/mol. The summed E-state index contributed by atoms with van der Waals surface area (Å²) in [6, 6.07) is 10.5. The van der Waals surface area contributed by atoms with Crippen molar-refractivity contribution in [1.29, 1.82) is 0 Å². The minimum Gasteiger partial charge on any atom is -0.464 e. The van der Waals surface area contributed by atoms with Gasteiger partial charge in [-0.3, -0.25) is 0 Å². The molecule has 0 aliphatic rings. The van der Waals surface area contributed by atoms with Gasteiger partial charge in [0.15, 0.2) is 0 Å². The van der Waals surface area contributed by atoms with E-state index in [0.717, 1.165) is 34.8 Å². The number of aryl methyl sites for hydroxylation is 3. The molecule has 3 rings (SSSR count). The molecule has 0 saturated heterocycles. The summed E-state index contributed by atoms with van der Waals surface area (Å²) in [5.74, 6) is 3.44. The second kappa shape index (κ2) is 5.57. The zero-order chi connectivity index (χ0) is 15.0. The van der Waals surface area contributed by atoms with Gasteiger partial charge in [0.2, 0.25) is 0 Å². The molecule has 21 heavy (non-hydrogen) atoms. The van der Waals surface area contributed by atoms with Crippen LogP contribution in [0.3, 0.4) is 0 Å². The maximum atomic E-state index is 5.94. The molecule has 2 aromatic heterocycles. The van der Waals surface area contributed by atoms with E-state index < -0.39 is 0 Å². The molecule has 0 fully saturated rings. The van der Waals surface area contributed by atoms with E-state index in [-0.39, 0.29) is 6.04 Å². The van der Waals surface area contributed by atoms with Crippen molar-refractivity contribution < 1.29 is 4.42 Å². The molecule has 2 heterocycles. The van der Waals surface area contributed by atoms with Crippen molar-refractivity contribution >= 4 is 22.6 Å². The predicted octanol–water partition coefficient (Wildman–Crippen LogP) is 4.64. The van der Waals surface area contributed by atoms with Crippen LogP contribution in [0.5, 0.6) is 0 Å². The molecule has 0 bridgehead atoms. The van der Waals surface area contributed by atoms with Crippen molar-refractivity contribution in [2.24, 2.45) is 0 Å². The Bertz CT molecular complexity index is 772. The smallest absolute Gasteiger partial charge is 0.126 e. The van der Waals surface area contributed by atoms with Crippen molar-refractivity contribution in [3.63, 3.8) is 0 Å². The molecule has 0 aliphatic heterocycles. The number of alkyl halides is 1. The lowest BCUT2D eigenvalue weighted by Crippen LogP contribution is -2.10. The summed E-state index contributed by atoms with van der Waals surface area (Å²) < 4.78 is 8.02. The fourth-order valence-corrected chi connectivity index (χ4v) is 2.93. The van der Waals surface area contributed by atoms with Crippen molar-refractivity contribution in [2.75, 3.05) is 5.88 Å². The number of halogens is 1. The van der Waals surface area contributed by atoms with Gasteiger partial charge in [0.05, 0.1) is 17.1 Å². The minimum atomic E-state index is 0.102. The Morgan fingerprint density at radius 2 is 2.05 bits per heavy atom. The molecule has 1 atom stereocenters. The number of aromatic nitrogens is 2. The number of rotatable bonds is 4. The van der Waals surface area contributed by atoms with Crippen molar-refractivity contribution in [3.8, 4) is 0 Å². The van der Waals surface area contributed by atoms with Crippen LogP contribution in [0.4, 0.5) is 0 Å².